The van der Waals surface area contributed by atoms with Crippen LogP contribution in [0.5, 0.6) is 23.0 Å². The van der Waals surface area contributed by atoms with Crippen molar-refractivity contribution in [3.63, 3.8) is 0 Å². The van der Waals surface area contributed by atoms with Gasteiger partial charge in [0.1, 0.15) is 12.2 Å². The van der Waals surface area contributed by atoms with Crippen LogP contribution in [-0.2, 0) is 38.1 Å². The van der Waals surface area contributed by atoms with Crippen molar-refractivity contribution in [3.8, 4) is 23.0 Å². The summed E-state index contributed by atoms with van der Waals surface area (Å²) >= 11 is 0. The zero-order valence-electron chi connectivity index (χ0n) is 23.7. The lowest BCUT2D eigenvalue weighted by Crippen LogP contribution is -2.58. The molecule has 3 heterocycles. The molecule has 12 heteroatoms. The van der Waals surface area contributed by atoms with Crippen LogP contribution >= 0.6 is 0 Å². The molecular formula is C31H30O12. The highest BCUT2D eigenvalue weighted by atomic mass is 16.8. The van der Waals surface area contributed by atoms with Crippen molar-refractivity contribution in [3.05, 3.63) is 59.7 Å². The van der Waals surface area contributed by atoms with Crippen LogP contribution in [0.2, 0.25) is 0 Å². The highest BCUT2D eigenvalue weighted by Crippen LogP contribution is 2.44. The Balaban J connectivity index is 1.20. The second-order valence-corrected chi connectivity index (χ2v) is 10.8. The first-order valence-corrected chi connectivity index (χ1v) is 13.7. The van der Waals surface area contributed by atoms with Gasteiger partial charge in [-0.05, 0) is 61.4 Å². The van der Waals surface area contributed by atoms with E-state index in [0.29, 0.717) is 34.1 Å². The van der Waals surface area contributed by atoms with Crippen molar-refractivity contribution < 1.29 is 57.0 Å². The molecule has 1 aliphatic carbocycles. The van der Waals surface area contributed by atoms with Gasteiger partial charge in [-0.25, -0.2) is 14.4 Å². The maximum atomic E-state index is 13.2. The minimum atomic E-state index is -1.80. The Morgan fingerprint density at radius 3 is 1.98 bits per heavy atom. The zero-order chi connectivity index (χ0) is 30.2. The molecule has 3 aliphatic heterocycles. The molecule has 2 fully saturated rings. The summed E-state index contributed by atoms with van der Waals surface area (Å²) in [5.74, 6) is -0.974. The average molecular weight is 595 g/mol. The molecule has 0 bridgehead atoms. The topological polar surface area (TPSA) is 134 Å². The lowest BCUT2D eigenvalue weighted by molar-refractivity contribution is -0.199. The lowest BCUT2D eigenvalue weighted by atomic mass is 9.79. The van der Waals surface area contributed by atoms with Crippen LogP contribution < -0.4 is 18.9 Å². The van der Waals surface area contributed by atoms with Gasteiger partial charge in [0.2, 0.25) is 19.2 Å². The summed E-state index contributed by atoms with van der Waals surface area (Å²) in [5.41, 5.74) is -0.453. The molecule has 4 atom stereocenters. The van der Waals surface area contributed by atoms with Crippen molar-refractivity contribution in [2.75, 3.05) is 20.7 Å². The molecule has 0 N–H and O–H groups in total. The molecule has 0 unspecified atom stereocenters. The molecule has 0 amide bonds. The van der Waals surface area contributed by atoms with Gasteiger partial charge in [0, 0.05) is 25.0 Å². The van der Waals surface area contributed by atoms with Gasteiger partial charge in [0.05, 0.1) is 13.2 Å². The van der Waals surface area contributed by atoms with E-state index in [1.165, 1.54) is 25.3 Å². The number of fused-ring (bicyclic) bond motifs is 3. The third-order valence-electron chi connectivity index (χ3n) is 7.39. The summed E-state index contributed by atoms with van der Waals surface area (Å²) in [6, 6.07) is 10.4. The quantitative estimate of drug-likeness (QED) is 0.264. The number of esters is 3. The molecule has 0 spiro atoms. The summed E-state index contributed by atoms with van der Waals surface area (Å²) in [6.45, 7) is 3.68. The predicted octanol–water partition coefficient (Wildman–Crippen LogP) is 3.55. The van der Waals surface area contributed by atoms with Crippen LogP contribution in [0.1, 0.15) is 37.8 Å². The van der Waals surface area contributed by atoms with Crippen LogP contribution in [0, 0.1) is 0 Å². The van der Waals surface area contributed by atoms with Gasteiger partial charge in [0.15, 0.2) is 28.8 Å². The molecule has 6 rings (SSSR count). The fourth-order valence-corrected chi connectivity index (χ4v) is 5.55. The summed E-state index contributed by atoms with van der Waals surface area (Å²) in [4.78, 5) is 39.2. The number of hydrogen-bond donors (Lipinski definition) is 0. The van der Waals surface area contributed by atoms with Gasteiger partial charge in [-0.15, -0.1) is 0 Å². The molecule has 0 aromatic heterocycles. The van der Waals surface area contributed by atoms with E-state index in [4.69, 9.17) is 42.6 Å². The van der Waals surface area contributed by atoms with E-state index < -0.39 is 47.6 Å². The van der Waals surface area contributed by atoms with E-state index in [9.17, 15) is 14.4 Å². The number of carbonyl (C=O) groups is 3. The minimum absolute atomic E-state index is 0.0571. The van der Waals surface area contributed by atoms with Gasteiger partial charge in [-0.3, -0.25) is 0 Å². The number of benzene rings is 2. The molecule has 0 radical (unpaired) electrons. The Morgan fingerprint density at radius 2 is 1.37 bits per heavy atom. The zero-order valence-corrected chi connectivity index (χ0v) is 23.7. The predicted molar refractivity (Wildman–Crippen MR) is 147 cm³/mol. The number of methoxy groups -OCH3 is 1. The van der Waals surface area contributed by atoms with E-state index in [1.54, 1.807) is 56.3 Å². The number of rotatable bonds is 7. The molecule has 2 aromatic rings. The Bertz CT molecular complexity index is 1490. The van der Waals surface area contributed by atoms with Crippen LogP contribution in [0.4, 0.5) is 0 Å². The summed E-state index contributed by atoms with van der Waals surface area (Å²) in [6.07, 6.45) is 2.84. The van der Waals surface area contributed by atoms with Gasteiger partial charge in [-0.1, -0.05) is 12.1 Å². The van der Waals surface area contributed by atoms with Crippen LogP contribution in [0.3, 0.4) is 0 Å². The Hall–Kier alpha value is -4.55. The maximum Gasteiger partial charge on any atom is 0.350 e. The van der Waals surface area contributed by atoms with Crippen molar-refractivity contribution in [2.24, 2.45) is 0 Å². The smallest absolute Gasteiger partial charge is 0.350 e. The first kappa shape index (κ1) is 28.6. The van der Waals surface area contributed by atoms with Crippen molar-refractivity contribution >= 4 is 30.1 Å². The number of carbonyl (C=O) groups excluding carboxylic acids is 3. The van der Waals surface area contributed by atoms with Gasteiger partial charge < -0.3 is 42.6 Å². The minimum Gasteiger partial charge on any atom is -0.466 e. The number of ether oxygens (including phenoxy) is 9. The van der Waals surface area contributed by atoms with Crippen molar-refractivity contribution in [1.29, 1.82) is 0 Å². The fourth-order valence-electron chi connectivity index (χ4n) is 5.55. The van der Waals surface area contributed by atoms with Crippen LogP contribution in [-0.4, -0.2) is 68.3 Å². The molecular weight excluding hydrogens is 564 g/mol. The molecule has 43 heavy (non-hydrogen) atoms. The molecule has 1 saturated carbocycles. The third kappa shape index (κ3) is 6.02. The number of hydrogen-bond acceptors (Lipinski definition) is 12. The maximum absolute atomic E-state index is 13.2. The fraction of sp³-hybridized carbons (Fsp3) is 0.387. The second kappa shape index (κ2) is 11.3. The Kier molecular flexibility index (Phi) is 7.49. The molecule has 2 aromatic carbocycles. The van der Waals surface area contributed by atoms with Crippen LogP contribution in [0.15, 0.2) is 48.6 Å². The van der Waals surface area contributed by atoms with Crippen molar-refractivity contribution in [1.82, 2.24) is 0 Å². The molecule has 1 saturated heterocycles. The molecule has 226 valence electrons. The molecule has 12 nitrogen and oxygen atoms in total. The largest absolute Gasteiger partial charge is 0.466 e. The average Bonchev–Trinajstić information content (AvgIpc) is 3.71. The van der Waals surface area contributed by atoms with E-state index in [0.717, 1.165) is 0 Å². The van der Waals surface area contributed by atoms with Crippen molar-refractivity contribution in [2.45, 2.75) is 56.4 Å². The Morgan fingerprint density at radius 1 is 0.791 bits per heavy atom. The van der Waals surface area contributed by atoms with E-state index in [-0.39, 0.29) is 26.4 Å². The van der Waals surface area contributed by atoms with Crippen LogP contribution in [0.25, 0.3) is 12.2 Å². The third-order valence-corrected chi connectivity index (χ3v) is 7.39. The van der Waals surface area contributed by atoms with E-state index in [1.807, 2.05) is 0 Å². The second-order valence-electron chi connectivity index (χ2n) is 10.8. The Labute approximate surface area is 247 Å². The monoisotopic (exact) mass is 594 g/mol. The highest BCUT2D eigenvalue weighted by Gasteiger charge is 2.60. The summed E-state index contributed by atoms with van der Waals surface area (Å²) in [5, 5.41) is 0. The van der Waals surface area contributed by atoms with E-state index in [2.05, 4.69) is 0 Å². The first-order chi connectivity index (χ1) is 20.6. The van der Waals surface area contributed by atoms with Gasteiger partial charge in [0.25, 0.3) is 0 Å². The molecule has 4 aliphatic rings. The normalized spacial score (nSPS) is 26.3. The van der Waals surface area contributed by atoms with Gasteiger partial charge in [-0.2, -0.15) is 0 Å². The van der Waals surface area contributed by atoms with E-state index >= 15 is 0 Å². The standard InChI is InChI=1S/C31H30O12/c1-30(2)41-25-15-31(29(34)35-3,42-27(33)11-7-19-5-9-21-23(13-19)39-17-37-21)14-24(28(25)43-30)40-26(32)10-6-18-4-8-20-22(12-18)38-16-36-20/h4-13,24-25,28H,14-17H2,1-3H3/b10-6+,11-7+/t24-,25-,28+,31-/m1/s1. The summed E-state index contributed by atoms with van der Waals surface area (Å²) in [7, 11) is 1.19. The SMILES string of the molecule is COC(=O)[C@@]1(OC(=O)/C=C/c2ccc3c(c2)OCO3)C[C@@H](OC(=O)/C=C/c2ccc3c(c2)OCO3)[C@@H]2OC(C)(C)O[C@@H]2C1. The highest BCUT2D eigenvalue weighted by molar-refractivity contribution is 5.91. The first-order valence-electron chi connectivity index (χ1n) is 13.7. The summed E-state index contributed by atoms with van der Waals surface area (Å²) < 4.78 is 50.1. The lowest BCUT2D eigenvalue weighted by Gasteiger charge is -2.41. The van der Waals surface area contributed by atoms with Gasteiger partial charge >= 0.3 is 17.9 Å².